The SMILES string of the molecule is CCS(=O)(=O)CCCC(=O)C1CCNCC1. The van der Waals surface area contributed by atoms with Crippen molar-refractivity contribution in [2.45, 2.75) is 32.6 Å². The van der Waals surface area contributed by atoms with Crippen LogP contribution in [-0.2, 0) is 14.6 Å². The molecule has 0 aromatic rings. The standard InChI is InChI=1S/C11H21NO3S/c1-2-16(14,15)9-3-4-11(13)10-5-7-12-8-6-10/h10,12H,2-9H2,1H3. The number of piperidine rings is 1. The van der Waals surface area contributed by atoms with Crippen LogP contribution in [0, 0.1) is 5.92 Å². The molecule has 4 nitrogen and oxygen atoms in total. The molecule has 1 N–H and O–H groups in total. The van der Waals surface area contributed by atoms with Crippen molar-refractivity contribution >= 4 is 15.6 Å². The highest BCUT2D eigenvalue weighted by atomic mass is 32.2. The van der Waals surface area contributed by atoms with Crippen LogP contribution in [0.1, 0.15) is 32.6 Å². The highest BCUT2D eigenvalue weighted by molar-refractivity contribution is 7.91. The summed E-state index contributed by atoms with van der Waals surface area (Å²) in [6.07, 6.45) is 2.71. The van der Waals surface area contributed by atoms with Crippen LogP contribution < -0.4 is 5.32 Å². The van der Waals surface area contributed by atoms with Crippen LogP contribution in [0.5, 0.6) is 0 Å². The number of hydrogen-bond acceptors (Lipinski definition) is 4. The predicted octanol–water partition coefficient (Wildman–Crippen LogP) is 0.770. The molecule has 94 valence electrons. The number of ketones is 1. The van der Waals surface area contributed by atoms with Gasteiger partial charge in [0, 0.05) is 18.1 Å². The van der Waals surface area contributed by atoms with E-state index in [1.54, 1.807) is 6.92 Å². The highest BCUT2D eigenvalue weighted by Gasteiger charge is 2.20. The Labute approximate surface area is 97.7 Å². The third kappa shape index (κ3) is 4.61. The van der Waals surface area contributed by atoms with E-state index in [0.29, 0.717) is 12.8 Å². The van der Waals surface area contributed by atoms with Crippen molar-refractivity contribution in [3.05, 3.63) is 0 Å². The number of hydrogen-bond donors (Lipinski definition) is 1. The van der Waals surface area contributed by atoms with Crippen LogP contribution in [-0.4, -0.2) is 38.8 Å². The van der Waals surface area contributed by atoms with E-state index in [1.165, 1.54) is 0 Å². The number of nitrogens with one attached hydrogen (secondary N) is 1. The van der Waals surface area contributed by atoms with Crippen LogP contribution in [0.2, 0.25) is 0 Å². The lowest BCUT2D eigenvalue weighted by atomic mass is 9.91. The number of carbonyl (C=O) groups is 1. The van der Waals surface area contributed by atoms with Gasteiger partial charge >= 0.3 is 0 Å². The van der Waals surface area contributed by atoms with Crippen LogP contribution in [0.15, 0.2) is 0 Å². The zero-order valence-corrected chi connectivity index (χ0v) is 10.7. The van der Waals surface area contributed by atoms with Gasteiger partial charge in [-0.3, -0.25) is 4.79 Å². The quantitative estimate of drug-likeness (QED) is 0.753. The summed E-state index contributed by atoms with van der Waals surface area (Å²) in [7, 11) is -2.91. The van der Waals surface area contributed by atoms with Gasteiger partial charge in [-0.2, -0.15) is 0 Å². The molecule has 16 heavy (non-hydrogen) atoms. The molecule has 0 atom stereocenters. The third-order valence-electron chi connectivity index (χ3n) is 3.11. The van der Waals surface area contributed by atoms with Crippen LogP contribution in [0.4, 0.5) is 0 Å². The summed E-state index contributed by atoms with van der Waals surface area (Å²) in [5.74, 6) is 0.729. The minimum absolute atomic E-state index is 0.153. The fourth-order valence-corrected chi connectivity index (χ4v) is 2.83. The monoisotopic (exact) mass is 247 g/mol. The normalized spacial score (nSPS) is 18.6. The van der Waals surface area contributed by atoms with Crippen molar-refractivity contribution in [1.82, 2.24) is 5.32 Å². The van der Waals surface area contributed by atoms with Gasteiger partial charge in [0.25, 0.3) is 0 Å². The Hall–Kier alpha value is -0.420. The van der Waals surface area contributed by atoms with Gasteiger partial charge in [-0.15, -0.1) is 0 Å². The zero-order valence-electron chi connectivity index (χ0n) is 9.87. The van der Waals surface area contributed by atoms with Crippen molar-refractivity contribution in [2.24, 2.45) is 5.92 Å². The topological polar surface area (TPSA) is 63.2 Å². The first kappa shape index (κ1) is 13.6. The summed E-state index contributed by atoms with van der Waals surface area (Å²) in [6, 6.07) is 0. The molecule has 0 saturated carbocycles. The maximum Gasteiger partial charge on any atom is 0.150 e. The Morgan fingerprint density at radius 2 is 1.94 bits per heavy atom. The van der Waals surface area contributed by atoms with Gasteiger partial charge in [0.05, 0.1) is 5.75 Å². The molecule has 1 heterocycles. The summed E-state index contributed by atoms with van der Waals surface area (Å²) in [6.45, 7) is 3.46. The predicted molar refractivity (Wildman–Crippen MR) is 64.2 cm³/mol. The molecule has 0 aromatic heterocycles. The highest BCUT2D eigenvalue weighted by Crippen LogP contribution is 2.15. The van der Waals surface area contributed by atoms with E-state index in [2.05, 4.69) is 5.32 Å². The van der Waals surface area contributed by atoms with E-state index in [0.717, 1.165) is 25.9 Å². The van der Waals surface area contributed by atoms with Crippen molar-refractivity contribution in [2.75, 3.05) is 24.6 Å². The van der Waals surface area contributed by atoms with Crippen LogP contribution >= 0.6 is 0 Å². The van der Waals surface area contributed by atoms with Crippen molar-refractivity contribution in [1.29, 1.82) is 0 Å². The molecule has 0 aliphatic carbocycles. The fraction of sp³-hybridized carbons (Fsp3) is 0.909. The average molecular weight is 247 g/mol. The largest absolute Gasteiger partial charge is 0.317 e. The summed E-state index contributed by atoms with van der Waals surface area (Å²) in [5.41, 5.74) is 0. The summed E-state index contributed by atoms with van der Waals surface area (Å²) < 4.78 is 22.5. The molecule has 0 aromatic carbocycles. The number of carbonyl (C=O) groups excluding carboxylic acids is 1. The molecule has 1 saturated heterocycles. The van der Waals surface area contributed by atoms with E-state index in [-0.39, 0.29) is 23.2 Å². The van der Waals surface area contributed by atoms with Crippen molar-refractivity contribution in [3.8, 4) is 0 Å². The van der Waals surface area contributed by atoms with Crippen molar-refractivity contribution < 1.29 is 13.2 Å². The molecule has 5 heteroatoms. The van der Waals surface area contributed by atoms with Crippen LogP contribution in [0.3, 0.4) is 0 Å². The maximum absolute atomic E-state index is 11.7. The van der Waals surface area contributed by atoms with E-state index in [9.17, 15) is 13.2 Å². The second-order valence-electron chi connectivity index (χ2n) is 4.33. The second kappa shape index (κ2) is 6.35. The van der Waals surface area contributed by atoms with Gasteiger partial charge in [0.2, 0.25) is 0 Å². The lowest BCUT2D eigenvalue weighted by Gasteiger charge is -2.21. The Kier molecular flexibility index (Phi) is 5.41. The van der Waals surface area contributed by atoms with Gasteiger partial charge in [-0.05, 0) is 32.4 Å². The van der Waals surface area contributed by atoms with E-state index in [4.69, 9.17) is 0 Å². The summed E-state index contributed by atoms with van der Waals surface area (Å²) >= 11 is 0. The Balaban J connectivity index is 2.24. The van der Waals surface area contributed by atoms with Gasteiger partial charge < -0.3 is 5.32 Å². The van der Waals surface area contributed by atoms with E-state index < -0.39 is 9.84 Å². The first-order valence-corrected chi connectivity index (χ1v) is 7.81. The molecule has 0 spiro atoms. The minimum Gasteiger partial charge on any atom is -0.317 e. The number of rotatable bonds is 6. The average Bonchev–Trinajstić information content (AvgIpc) is 2.30. The van der Waals surface area contributed by atoms with Crippen molar-refractivity contribution in [3.63, 3.8) is 0 Å². The molecule has 0 bridgehead atoms. The third-order valence-corrected chi connectivity index (χ3v) is 4.90. The van der Waals surface area contributed by atoms with Gasteiger partial charge in [-0.1, -0.05) is 6.92 Å². The Morgan fingerprint density at radius 1 is 1.31 bits per heavy atom. The maximum atomic E-state index is 11.7. The number of Topliss-reactive ketones (excluding diaryl/α,β-unsaturated/α-hetero) is 1. The van der Waals surface area contributed by atoms with Gasteiger partial charge in [0.15, 0.2) is 0 Å². The molecule has 1 rings (SSSR count). The molecular formula is C11H21NO3S. The molecule has 0 amide bonds. The fourth-order valence-electron chi connectivity index (χ4n) is 1.96. The first-order valence-electron chi connectivity index (χ1n) is 5.99. The molecule has 1 aliphatic heterocycles. The molecule has 0 radical (unpaired) electrons. The smallest absolute Gasteiger partial charge is 0.150 e. The Morgan fingerprint density at radius 3 is 2.50 bits per heavy atom. The second-order valence-corrected chi connectivity index (χ2v) is 6.80. The molecule has 1 aliphatic rings. The number of sulfone groups is 1. The molecule has 0 unspecified atom stereocenters. The van der Waals surface area contributed by atoms with E-state index >= 15 is 0 Å². The molecule has 1 fully saturated rings. The minimum atomic E-state index is -2.91. The molecular weight excluding hydrogens is 226 g/mol. The van der Waals surface area contributed by atoms with E-state index in [1.807, 2.05) is 0 Å². The summed E-state index contributed by atoms with van der Waals surface area (Å²) in [5, 5.41) is 3.21. The summed E-state index contributed by atoms with van der Waals surface area (Å²) in [4.78, 5) is 11.7. The first-order chi connectivity index (χ1) is 7.55. The van der Waals surface area contributed by atoms with Gasteiger partial charge in [-0.25, -0.2) is 8.42 Å². The van der Waals surface area contributed by atoms with Crippen LogP contribution in [0.25, 0.3) is 0 Å². The zero-order chi connectivity index (χ0) is 12.0. The Bertz CT molecular complexity index is 318. The lowest BCUT2D eigenvalue weighted by Crippen LogP contribution is -2.31. The van der Waals surface area contributed by atoms with Gasteiger partial charge in [0.1, 0.15) is 15.6 Å². The lowest BCUT2D eigenvalue weighted by molar-refractivity contribution is -0.123.